The van der Waals surface area contributed by atoms with Gasteiger partial charge >= 0.3 is 5.69 Å². The number of aromatic nitrogens is 2. The molecule has 0 spiro atoms. The summed E-state index contributed by atoms with van der Waals surface area (Å²) in [6, 6.07) is 17.6. The van der Waals surface area contributed by atoms with Gasteiger partial charge in [0.15, 0.2) is 4.90 Å². The molecule has 4 rings (SSSR count). The molecule has 0 amide bonds. The Balaban J connectivity index is 1.60. The van der Waals surface area contributed by atoms with Crippen LogP contribution in [0.2, 0.25) is 5.02 Å². The van der Waals surface area contributed by atoms with Gasteiger partial charge in [0.05, 0.1) is 6.04 Å². The minimum absolute atomic E-state index is 0.0319. The van der Waals surface area contributed by atoms with Gasteiger partial charge in [0.2, 0.25) is 10.0 Å². The van der Waals surface area contributed by atoms with Crippen molar-refractivity contribution >= 4 is 21.6 Å². The van der Waals surface area contributed by atoms with E-state index in [4.69, 9.17) is 11.6 Å². The van der Waals surface area contributed by atoms with Gasteiger partial charge < -0.3 is 4.98 Å². The van der Waals surface area contributed by atoms with Crippen molar-refractivity contribution in [1.29, 1.82) is 0 Å². The number of hydrogen-bond acceptors (Lipinski definition) is 5. The number of aromatic amines is 2. The largest absolute Gasteiger partial charge is 0.325 e. The zero-order valence-corrected chi connectivity index (χ0v) is 19.0. The molecule has 0 bridgehead atoms. The van der Waals surface area contributed by atoms with E-state index in [1.54, 1.807) is 0 Å². The molecule has 2 N–H and O–H groups in total. The van der Waals surface area contributed by atoms with Gasteiger partial charge in [-0.1, -0.05) is 54.1 Å². The predicted octanol–water partition coefficient (Wildman–Crippen LogP) is 2.12. The fourth-order valence-electron chi connectivity index (χ4n) is 4.12. The summed E-state index contributed by atoms with van der Waals surface area (Å²) in [5.74, 6) is 0. The molecular formula is C22H23ClN4O4S. The van der Waals surface area contributed by atoms with Crippen LogP contribution in [0.4, 0.5) is 0 Å². The van der Waals surface area contributed by atoms with E-state index in [-0.39, 0.29) is 24.8 Å². The predicted molar refractivity (Wildman–Crippen MR) is 122 cm³/mol. The van der Waals surface area contributed by atoms with E-state index in [9.17, 15) is 18.0 Å². The van der Waals surface area contributed by atoms with Gasteiger partial charge in [0, 0.05) is 36.9 Å². The van der Waals surface area contributed by atoms with Crippen LogP contribution >= 0.6 is 11.6 Å². The molecule has 1 saturated heterocycles. The summed E-state index contributed by atoms with van der Waals surface area (Å²) >= 11 is 6.07. The maximum absolute atomic E-state index is 13.1. The second-order valence-corrected chi connectivity index (χ2v) is 9.98. The second kappa shape index (κ2) is 9.03. The van der Waals surface area contributed by atoms with Gasteiger partial charge in [-0.15, -0.1) is 0 Å². The lowest BCUT2D eigenvalue weighted by Gasteiger charge is -2.39. The molecule has 0 saturated carbocycles. The van der Waals surface area contributed by atoms with Crippen molar-refractivity contribution < 1.29 is 8.42 Å². The molecule has 3 aromatic rings. The third-order valence-corrected chi connectivity index (χ3v) is 7.92. The first-order chi connectivity index (χ1) is 15.3. The Hall–Kier alpha value is -2.72. The van der Waals surface area contributed by atoms with Crippen molar-refractivity contribution in [1.82, 2.24) is 19.2 Å². The number of piperazine rings is 1. The van der Waals surface area contributed by atoms with E-state index < -0.39 is 26.2 Å². The molecular weight excluding hydrogens is 452 g/mol. The topological polar surface area (TPSA) is 106 Å². The summed E-state index contributed by atoms with van der Waals surface area (Å²) < 4.78 is 27.6. The lowest BCUT2D eigenvalue weighted by Crippen LogP contribution is -2.50. The number of halogens is 1. The summed E-state index contributed by atoms with van der Waals surface area (Å²) in [5.41, 5.74) is 0.551. The van der Waals surface area contributed by atoms with Crippen LogP contribution in [0, 0.1) is 6.92 Å². The number of nitrogens with one attached hydrogen (secondary N) is 2. The van der Waals surface area contributed by atoms with Crippen molar-refractivity contribution in [3.63, 3.8) is 0 Å². The second-order valence-electron chi connectivity index (χ2n) is 7.67. The van der Waals surface area contributed by atoms with Crippen LogP contribution in [0.15, 0.2) is 69.1 Å². The van der Waals surface area contributed by atoms with Crippen molar-refractivity contribution in [3.05, 3.63) is 97.3 Å². The molecule has 0 radical (unpaired) electrons. The van der Waals surface area contributed by atoms with Gasteiger partial charge in [-0.25, -0.2) is 13.2 Å². The smallest absolute Gasteiger partial charge is 0.310 e. The first-order valence-corrected chi connectivity index (χ1v) is 12.0. The lowest BCUT2D eigenvalue weighted by atomic mass is 9.96. The zero-order valence-electron chi connectivity index (χ0n) is 17.4. The van der Waals surface area contributed by atoms with E-state index in [2.05, 4.69) is 9.88 Å². The van der Waals surface area contributed by atoms with Gasteiger partial charge in [-0.3, -0.25) is 14.7 Å². The van der Waals surface area contributed by atoms with E-state index in [0.29, 0.717) is 18.1 Å². The fraction of sp³-hybridized carbons (Fsp3) is 0.273. The van der Waals surface area contributed by atoms with Gasteiger partial charge in [-0.2, -0.15) is 4.31 Å². The molecule has 0 unspecified atom stereocenters. The van der Waals surface area contributed by atoms with Crippen molar-refractivity contribution in [2.75, 3.05) is 26.2 Å². The van der Waals surface area contributed by atoms with E-state index in [1.165, 1.54) is 11.2 Å². The number of benzene rings is 2. The Kier molecular flexibility index (Phi) is 6.34. The van der Waals surface area contributed by atoms with Gasteiger partial charge in [0.1, 0.15) is 0 Å². The molecule has 1 aliphatic rings. The van der Waals surface area contributed by atoms with Crippen LogP contribution in [-0.2, 0) is 10.0 Å². The molecule has 2 heterocycles. The van der Waals surface area contributed by atoms with Crippen LogP contribution in [0.1, 0.15) is 22.9 Å². The SMILES string of the molecule is Cc1[nH]c(=O)[nH]c(=O)c1S(=O)(=O)N1CCN([C@@H](c2ccccc2)c2ccc(Cl)cc2)CC1. The zero-order chi connectivity index (χ0) is 22.9. The number of aryl methyl sites for hydroxylation is 1. The highest BCUT2D eigenvalue weighted by Gasteiger charge is 2.34. The van der Waals surface area contributed by atoms with Crippen LogP contribution in [0.3, 0.4) is 0 Å². The van der Waals surface area contributed by atoms with E-state index in [0.717, 1.165) is 11.1 Å². The Labute approximate surface area is 190 Å². The molecule has 8 nitrogen and oxygen atoms in total. The molecule has 2 aromatic carbocycles. The first-order valence-electron chi connectivity index (χ1n) is 10.1. The quantitative estimate of drug-likeness (QED) is 0.589. The lowest BCUT2D eigenvalue weighted by molar-refractivity contribution is 0.155. The first kappa shape index (κ1) is 22.5. The number of hydrogen-bond donors (Lipinski definition) is 2. The Morgan fingerprint density at radius 2 is 1.47 bits per heavy atom. The highest BCUT2D eigenvalue weighted by molar-refractivity contribution is 7.89. The normalized spacial score (nSPS) is 16.7. The third kappa shape index (κ3) is 4.42. The molecule has 168 valence electrons. The molecule has 32 heavy (non-hydrogen) atoms. The Bertz CT molecular complexity index is 1310. The molecule has 1 aliphatic heterocycles. The van der Waals surface area contributed by atoms with Crippen molar-refractivity contribution in [3.8, 4) is 0 Å². The highest BCUT2D eigenvalue weighted by Crippen LogP contribution is 2.31. The summed E-state index contributed by atoms with van der Waals surface area (Å²) in [4.78, 5) is 29.8. The maximum Gasteiger partial charge on any atom is 0.325 e. The van der Waals surface area contributed by atoms with E-state index in [1.807, 2.05) is 59.6 Å². The third-order valence-electron chi connectivity index (χ3n) is 5.61. The van der Waals surface area contributed by atoms with Gasteiger partial charge in [0.25, 0.3) is 5.56 Å². The molecule has 1 aromatic heterocycles. The standard InChI is InChI=1S/C22H23ClN4O4S/c1-15-20(21(28)25-22(29)24-15)32(30,31)27-13-11-26(12-14-27)19(16-5-3-2-4-6-16)17-7-9-18(23)10-8-17/h2-10,19H,11-14H2,1H3,(H2,24,25,28,29)/t19-/m0/s1. The van der Waals surface area contributed by atoms with Crippen LogP contribution < -0.4 is 11.2 Å². The van der Waals surface area contributed by atoms with Crippen molar-refractivity contribution in [2.24, 2.45) is 0 Å². The van der Waals surface area contributed by atoms with Crippen LogP contribution in [-0.4, -0.2) is 53.8 Å². The molecule has 0 aliphatic carbocycles. The average molecular weight is 475 g/mol. The molecule has 10 heteroatoms. The number of rotatable bonds is 5. The number of sulfonamides is 1. The summed E-state index contributed by atoms with van der Waals surface area (Å²) in [7, 11) is -4.05. The van der Waals surface area contributed by atoms with Gasteiger partial charge in [-0.05, 0) is 30.2 Å². The number of H-pyrrole nitrogens is 2. The van der Waals surface area contributed by atoms with Crippen LogP contribution in [0.5, 0.6) is 0 Å². The summed E-state index contributed by atoms with van der Waals surface area (Å²) in [6.45, 7) is 2.80. The highest BCUT2D eigenvalue weighted by atomic mass is 35.5. The Morgan fingerprint density at radius 1 is 0.875 bits per heavy atom. The Morgan fingerprint density at radius 3 is 2.06 bits per heavy atom. The summed E-state index contributed by atoms with van der Waals surface area (Å²) in [6.07, 6.45) is 0. The van der Waals surface area contributed by atoms with Crippen molar-refractivity contribution in [2.45, 2.75) is 17.9 Å². The molecule has 1 atom stereocenters. The minimum Gasteiger partial charge on any atom is -0.310 e. The minimum atomic E-state index is -4.05. The number of nitrogens with zero attached hydrogens (tertiary/aromatic N) is 2. The van der Waals surface area contributed by atoms with Crippen LogP contribution in [0.25, 0.3) is 0 Å². The summed E-state index contributed by atoms with van der Waals surface area (Å²) in [5, 5.41) is 0.651. The molecule has 1 fully saturated rings. The fourth-order valence-corrected chi connectivity index (χ4v) is 5.88. The van der Waals surface area contributed by atoms with E-state index >= 15 is 0 Å². The maximum atomic E-state index is 13.1. The average Bonchev–Trinajstić information content (AvgIpc) is 2.75. The monoisotopic (exact) mass is 474 g/mol.